The molecule has 0 saturated heterocycles. The van der Waals surface area contributed by atoms with Gasteiger partial charge < -0.3 is 21.7 Å². The maximum absolute atomic E-state index is 10.4. The average molecular weight is 449 g/mol. The summed E-state index contributed by atoms with van der Waals surface area (Å²) in [5.74, 6) is 0.526. The lowest BCUT2D eigenvalue weighted by Crippen LogP contribution is -2.27. The van der Waals surface area contributed by atoms with Crippen molar-refractivity contribution < 1.29 is 10.2 Å². The Hall–Kier alpha value is -2.44. The number of nitrogen functional groups attached to an aromatic ring is 2. The van der Waals surface area contributed by atoms with E-state index >= 15 is 0 Å². The number of phenolic OH excluding ortho intramolecular Hbond substituents is 2. The molecule has 1 aliphatic carbocycles. The highest BCUT2D eigenvalue weighted by Gasteiger charge is 2.23. The maximum Gasteiger partial charge on any atom is 0.128 e. The molecular weight excluding hydrogens is 423 g/mol. The Bertz CT molecular complexity index is 885. The molecule has 2 aromatic rings. The minimum atomic E-state index is -0.0361. The molecular formula is C22H26Cl2N4O2. The molecule has 30 heavy (non-hydrogen) atoms. The second kappa shape index (κ2) is 10.0. The molecule has 6 N–H and O–H groups in total. The van der Waals surface area contributed by atoms with Crippen LogP contribution in [0, 0.1) is 0 Å². The molecule has 1 saturated carbocycles. The zero-order chi connectivity index (χ0) is 21.7. The summed E-state index contributed by atoms with van der Waals surface area (Å²) in [6.45, 7) is 0. The van der Waals surface area contributed by atoms with Gasteiger partial charge in [0.2, 0.25) is 0 Å². The van der Waals surface area contributed by atoms with E-state index in [0.717, 1.165) is 25.7 Å². The van der Waals surface area contributed by atoms with E-state index in [1.54, 1.807) is 36.7 Å². The van der Waals surface area contributed by atoms with Crippen molar-refractivity contribution in [1.29, 1.82) is 0 Å². The van der Waals surface area contributed by atoms with Crippen LogP contribution in [0.25, 0.3) is 0 Å². The fourth-order valence-electron chi connectivity index (χ4n) is 3.68. The Kier molecular flexibility index (Phi) is 7.45. The average Bonchev–Trinajstić information content (AvgIpc) is 2.74. The Morgan fingerprint density at radius 3 is 1.57 bits per heavy atom. The van der Waals surface area contributed by atoms with Crippen molar-refractivity contribution in [2.45, 2.75) is 49.5 Å². The van der Waals surface area contributed by atoms with Gasteiger partial charge in [0.05, 0.1) is 23.8 Å². The van der Waals surface area contributed by atoms with Gasteiger partial charge in [0.25, 0.3) is 0 Å². The summed E-state index contributed by atoms with van der Waals surface area (Å²) >= 11 is 11.8. The van der Waals surface area contributed by atoms with Crippen LogP contribution in [-0.4, -0.2) is 34.7 Å². The molecule has 0 bridgehead atoms. The topological polar surface area (TPSA) is 117 Å². The Labute approximate surface area is 186 Å². The van der Waals surface area contributed by atoms with Crippen LogP contribution in [0.4, 0.5) is 11.4 Å². The van der Waals surface area contributed by atoms with Crippen LogP contribution in [0.3, 0.4) is 0 Å². The summed E-state index contributed by atoms with van der Waals surface area (Å²) in [7, 11) is 0. The molecule has 1 fully saturated rings. The largest absolute Gasteiger partial charge is 0.507 e. The first kappa shape index (κ1) is 22.2. The normalized spacial score (nSPS) is 19.7. The summed E-state index contributed by atoms with van der Waals surface area (Å²) in [6, 6.07) is 6.58. The lowest BCUT2D eigenvalue weighted by atomic mass is 9.91. The van der Waals surface area contributed by atoms with E-state index in [0.29, 0.717) is 33.6 Å². The van der Waals surface area contributed by atoms with Crippen LogP contribution in [0.2, 0.25) is 0 Å². The molecule has 0 spiro atoms. The number of nitrogens with two attached hydrogens (primary N) is 2. The van der Waals surface area contributed by atoms with Crippen molar-refractivity contribution in [3.05, 3.63) is 46.5 Å². The molecule has 160 valence electrons. The van der Waals surface area contributed by atoms with Crippen molar-refractivity contribution >= 4 is 47.0 Å². The van der Waals surface area contributed by atoms with E-state index in [1.165, 1.54) is 0 Å². The third-order valence-corrected chi connectivity index (χ3v) is 5.85. The number of aromatic hydroxyl groups is 2. The standard InChI is InChI=1S/C22H26Cl2N4O2/c23-9-13-5-17(25)7-15(21(13)29)11-27-19-3-1-2-4-20(19)28-12-16-8-18(26)6-14(10-24)22(16)30/h5-8,11-12,19-20,29-30H,1-4,9-10,25-26H2/b27-11+,28-12+. The number of nitrogens with zero attached hydrogens (tertiary/aromatic N) is 2. The predicted octanol–water partition coefficient (Wildman–Crippen LogP) is 4.59. The third kappa shape index (κ3) is 5.18. The molecule has 0 aliphatic heterocycles. The van der Waals surface area contributed by atoms with Gasteiger partial charge in [-0.1, -0.05) is 12.8 Å². The lowest BCUT2D eigenvalue weighted by molar-refractivity contribution is 0.390. The van der Waals surface area contributed by atoms with Crippen LogP contribution < -0.4 is 11.5 Å². The third-order valence-electron chi connectivity index (χ3n) is 5.27. The molecule has 8 heteroatoms. The van der Waals surface area contributed by atoms with Crippen LogP contribution >= 0.6 is 23.2 Å². The van der Waals surface area contributed by atoms with Gasteiger partial charge in [-0.25, -0.2) is 0 Å². The first-order chi connectivity index (χ1) is 14.4. The zero-order valence-corrected chi connectivity index (χ0v) is 18.1. The minimum Gasteiger partial charge on any atom is -0.507 e. The van der Waals surface area contributed by atoms with E-state index in [9.17, 15) is 10.2 Å². The van der Waals surface area contributed by atoms with E-state index in [-0.39, 0.29) is 35.3 Å². The van der Waals surface area contributed by atoms with Gasteiger partial charge >= 0.3 is 0 Å². The predicted molar refractivity (Wildman–Crippen MR) is 125 cm³/mol. The smallest absolute Gasteiger partial charge is 0.128 e. The lowest BCUT2D eigenvalue weighted by Gasteiger charge is -2.25. The van der Waals surface area contributed by atoms with Crippen LogP contribution in [0.15, 0.2) is 34.3 Å². The molecule has 1 aliphatic rings. The molecule has 2 aromatic carbocycles. The number of aliphatic imine (C=N–C) groups is 2. The number of rotatable bonds is 6. The Balaban J connectivity index is 1.83. The molecule has 0 heterocycles. The monoisotopic (exact) mass is 448 g/mol. The Morgan fingerprint density at radius 1 is 0.800 bits per heavy atom. The van der Waals surface area contributed by atoms with Crippen molar-refractivity contribution in [2.75, 3.05) is 11.5 Å². The highest BCUT2D eigenvalue weighted by Crippen LogP contribution is 2.29. The first-order valence-corrected chi connectivity index (χ1v) is 10.9. The molecule has 0 aromatic heterocycles. The van der Waals surface area contributed by atoms with Gasteiger partial charge in [-0.05, 0) is 37.1 Å². The molecule has 2 atom stereocenters. The van der Waals surface area contributed by atoms with E-state index < -0.39 is 0 Å². The van der Waals surface area contributed by atoms with Gasteiger partial charge in [0, 0.05) is 46.1 Å². The summed E-state index contributed by atoms with van der Waals surface area (Å²) in [5.41, 5.74) is 15.1. The number of halogens is 2. The molecule has 3 rings (SSSR count). The van der Waals surface area contributed by atoms with Crippen LogP contribution in [0.1, 0.15) is 47.9 Å². The SMILES string of the molecule is Nc1cc(/C=N/C2CCCCC2/N=C/c2cc(N)cc(CCl)c2O)c(O)c(CCl)c1. The van der Waals surface area contributed by atoms with E-state index in [1.807, 2.05) is 0 Å². The fourth-order valence-corrected chi connectivity index (χ4v) is 4.09. The number of hydrogen-bond donors (Lipinski definition) is 4. The van der Waals surface area contributed by atoms with E-state index in [2.05, 4.69) is 0 Å². The summed E-state index contributed by atoms with van der Waals surface area (Å²) in [6.07, 6.45) is 7.18. The maximum atomic E-state index is 10.4. The second-order valence-electron chi connectivity index (χ2n) is 7.48. The number of hydrogen-bond acceptors (Lipinski definition) is 6. The van der Waals surface area contributed by atoms with Gasteiger partial charge in [0.1, 0.15) is 11.5 Å². The van der Waals surface area contributed by atoms with Crippen molar-refractivity contribution in [1.82, 2.24) is 0 Å². The van der Waals surface area contributed by atoms with Gasteiger partial charge in [-0.3, -0.25) is 9.98 Å². The van der Waals surface area contributed by atoms with Crippen molar-refractivity contribution in [3.63, 3.8) is 0 Å². The quantitative estimate of drug-likeness (QED) is 0.223. The van der Waals surface area contributed by atoms with E-state index in [4.69, 9.17) is 44.7 Å². The second-order valence-corrected chi connectivity index (χ2v) is 8.01. The summed E-state index contributed by atoms with van der Waals surface area (Å²) < 4.78 is 0. The molecule has 2 unspecified atom stereocenters. The Morgan fingerprint density at radius 2 is 1.20 bits per heavy atom. The van der Waals surface area contributed by atoms with Crippen LogP contribution in [-0.2, 0) is 11.8 Å². The van der Waals surface area contributed by atoms with Crippen molar-refractivity contribution in [3.8, 4) is 11.5 Å². The first-order valence-electron chi connectivity index (χ1n) is 9.84. The molecule has 0 radical (unpaired) electrons. The number of anilines is 2. The van der Waals surface area contributed by atoms with Crippen LogP contribution in [0.5, 0.6) is 11.5 Å². The molecule has 6 nitrogen and oxygen atoms in total. The molecule has 0 amide bonds. The fraction of sp³-hybridized carbons (Fsp3) is 0.364. The number of phenols is 2. The zero-order valence-electron chi connectivity index (χ0n) is 16.6. The summed E-state index contributed by atoms with van der Waals surface area (Å²) in [4.78, 5) is 9.39. The number of alkyl halides is 2. The summed E-state index contributed by atoms with van der Waals surface area (Å²) in [5, 5.41) is 20.7. The van der Waals surface area contributed by atoms with Crippen molar-refractivity contribution in [2.24, 2.45) is 9.98 Å². The minimum absolute atomic E-state index is 0.0361. The van der Waals surface area contributed by atoms with Gasteiger partial charge in [0.15, 0.2) is 0 Å². The van der Waals surface area contributed by atoms with Gasteiger partial charge in [-0.2, -0.15) is 0 Å². The van der Waals surface area contributed by atoms with Gasteiger partial charge in [-0.15, -0.1) is 23.2 Å². The highest BCUT2D eigenvalue weighted by molar-refractivity contribution is 6.17. The number of benzene rings is 2. The highest BCUT2D eigenvalue weighted by atomic mass is 35.5.